The minimum Gasteiger partial charge on any atom is -0.466 e. The molecule has 0 radical (unpaired) electrons. The van der Waals surface area contributed by atoms with Gasteiger partial charge in [0, 0.05) is 4.90 Å². The van der Waals surface area contributed by atoms with E-state index < -0.39 is 5.97 Å². The Labute approximate surface area is 119 Å². The van der Waals surface area contributed by atoms with Gasteiger partial charge in [-0.25, -0.2) is 4.39 Å². The van der Waals surface area contributed by atoms with Crippen molar-refractivity contribution < 1.29 is 18.3 Å². The average molecular weight is 296 g/mol. The molecule has 0 saturated heterocycles. The molecule has 0 aliphatic heterocycles. The molecule has 0 unspecified atom stereocenters. The monoisotopic (exact) mass is 296 g/mol. The summed E-state index contributed by atoms with van der Waals surface area (Å²) in [5.74, 6) is 0.441. The first-order valence-electron chi connectivity index (χ1n) is 6.02. The number of thioether (sulfide) groups is 1. The number of hydrogen-bond acceptors (Lipinski definition) is 6. The van der Waals surface area contributed by atoms with Gasteiger partial charge in [-0.05, 0) is 31.2 Å². The van der Waals surface area contributed by atoms with Crippen LogP contribution in [0.5, 0.6) is 0 Å². The van der Waals surface area contributed by atoms with Gasteiger partial charge in [-0.15, -0.1) is 22.0 Å². The van der Waals surface area contributed by atoms with Crippen molar-refractivity contribution in [1.29, 1.82) is 0 Å². The first-order valence-corrected chi connectivity index (χ1v) is 7.01. The summed E-state index contributed by atoms with van der Waals surface area (Å²) in [6.07, 6.45) is -0.0257. The summed E-state index contributed by atoms with van der Waals surface area (Å²) in [5, 5.41) is 7.62. The number of esters is 1. The number of ether oxygens (including phenoxy) is 1. The molecule has 7 heteroatoms. The van der Waals surface area contributed by atoms with E-state index in [1.807, 2.05) is 0 Å². The third kappa shape index (κ3) is 4.34. The highest BCUT2D eigenvalue weighted by Gasteiger charge is 2.11. The molecular weight excluding hydrogens is 283 g/mol. The first kappa shape index (κ1) is 14.5. The van der Waals surface area contributed by atoms with Crippen molar-refractivity contribution in [2.24, 2.45) is 0 Å². The summed E-state index contributed by atoms with van der Waals surface area (Å²) in [6.45, 7) is 2.05. The van der Waals surface area contributed by atoms with Crippen LogP contribution in [0.2, 0.25) is 0 Å². The van der Waals surface area contributed by atoms with Gasteiger partial charge in [0.2, 0.25) is 11.8 Å². The molecule has 1 aromatic carbocycles. The van der Waals surface area contributed by atoms with Gasteiger partial charge in [0.1, 0.15) is 12.2 Å². The lowest BCUT2D eigenvalue weighted by atomic mass is 10.4. The molecule has 0 fully saturated rings. The van der Waals surface area contributed by atoms with Gasteiger partial charge in [0.25, 0.3) is 0 Å². The Kier molecular flexibility index (Phi) is 5.11. The fourth-order valence-electron chi connectivity index (χ4n) is 1.43. The van der Waals surface area contributed by atoms with Crippen molar-refractivity contribution in [3.63, 3.8) is 0 Å². The number of halogens is 1. The molecule has 2 aromatic rings. The SMILES string of the molecule is CCOC(=O)Cc1nnc(CSc2ccc(F)cc2)o1. The predicted octanol–water partition coefficient (Wildman–Crippen LogP) is 2.61. The highest BCUT2D eigenvalue weighted by Crippen LogP contribution is 2.22. The van der Waals surface area contributed by atoms with E-state index in [1.54, 1.807) is 19.1 Å². The zero-order valence-corrected chi connectivity index (χ0v) is 11.7. The number of hydrogen-bond donors (Lipinski definition) is 0. The third-order valence-corrected chi connectivity index (χ3v) is 3.28. The van der Waals surface area contributed by atoms with Crippen LogP contribution in [0.1, 0.15) is 18.7 Å². The van der Waals surface area contributed by atoms with Crippen molar-refractivity contribution in [2.75, 3.05) is 6.61 Å². The third-order valence-electron chi connectivity index (χ3n) is 2.29. The molecule has 0 saturated carbocycles. The molecule has 5 nitrogen and oxygen atoms in total. The average Bonchev–Trinajstić information content (AvgIpc) is 2.86. The number of rotatable bonds is 6. The molecule has 0 aliphatic carbocycles. The van der Waals surface area contributed by atoms with Crippen LogP contribution in [-0.2, 0) is 21.7 Å². The van der Waals surface area contributed by atoms with Crippen LogP contribution < -0.4 is 0 Å². The van der Waals surface area contributed by atoms with Crippen LogP contribution in [0.3, 0.4) is 0 Å². The number of aromatic nitrogens is 2. The molecule has 0 amide bonds. The summed E-state index contributed by atoms with van der Waals surface area (Å²) >= 11 is 1.45. The van der Waals surface area contributed by atoms with Gasteiger partial charge in [-0.2, -0.15) is 0 Å². The maximum absolute atomic E-state index is 12.7. The Hall–Kier alpha value is -1.89. The van der Waals surface area contributed by atoms with E-state index in [0.717, 1.165) is 4.90 Å². The second-order valence-corrected chi connectivity index (χ2v) is 4.86. The summed E-state index contributed by atoms with van der Waals surface area (Å²) in [5.41, 5.74) is 0. The Morgan fingerprint density at radius 2 is 2.00 bits per heavy atom. The number of nitrogens with zero attached hydrogens (tertiary/aromatic N) is 2. The van der Waals surface area contributed by atoms with Gasteiger partial charge < -0.3 is 9.15 Å². The summed E-state index contributed by atoms with van der Waals surface area (Å²) in [7, 11) is 0. The van der Waals surface area contributed by atoms with Gasteiger partial charge in [-0.3, -0.25) is 4.79 Å². The molecule has 20 heavy (non-hydrogen) atoms. The topological polar surface area (TPSA) is 65.2 Å². The maximum atomic E-state index is 12.7. The smallest absolute Gasteiger partial charge is 0.315 e. The molecule has 1 heterocycles. The van der Waals surface area contributed by atoms with Crippen LogP contribution in [0.25, 0.3) is 0 Å². The minimum absolute atomic E-state index is 0.0257. The Bertz CT molecular complexity index is 571. The molecule has 1 aromatic heterocycles. The largest absolute Gasteiger partial charge is 0.466 e. The Morgan fingerprint density at radius 3 is 2.70 bits per heavy atom. The van der Waals surface area contributed by atoms with Gasteiger partial charge in [-0.1, -0.05) is 0 Å². The number of carbonyl (C=O) groups excluding carboxylic acids is 1. The van der Waals surface area contributed by atoms with E-state index >= 15 is 0 Å². The fourth-order valence-corrected chi connectivity index (χ4v) is 2.16. The number of benzene rings is 1. The Morgan fingerprint density at radius 1 is 1.30 bits per heavy atom. The van der Waals surface area contributed by atoms with Crippen LogP contribution in [0.4, 0.5) is 4.39 Å². The summed E-state index contributed by atoms with van der Waals surface area (Å²) < 4.78 is 22.9. The molecule has 0 N–H and O–H groups in total. The lowest BCUT2D eigenvalue weighted by Crippen LogP contribution is -2.07. The van der Waals surface area contributed by atoms with Crippen molar-refractivity contribution in [3.8, 4) is 0 Å². The lowest BCUT2D eigenvalue weighted by molar-refractivity contribution is -0.142. The van der Waals surface area contributed by atoms with Crippen molar-refractivity contribution in [2.45, 2.75) is 24.0 Å². The zero-order valence-electron chi connectivity index (χ0n) is 10.8. The number of carbonyl (C=O) groups is 1. The van der Waals surface area contributed by atoms with Crippen LogP contribution in [0, 0.1) is 5.82 Å². The van der Waals surface area contributed by atoms with E-state index in [4.69, 9.17) is 9.15 Å². The lowest BCUT2D eigenvalue weighted by Gasteiger charge is -1.98. The maximum Gasteiger partial charge on any atom is 0.315 e. The second kappa shape index (κ2) is 7.04. The molecule has 0 bridgehead atoms. The highest BCUT2D eigenvalue weighted by atomic mass is 32.2. The van der Waals surface area contributed by atoms with Crippen molar-refractivity contribution in [1.82, 2.24) is 10.2 Å². The van der Waals surface area contributed by atoms with E-state index in [0.29, 0.717) is 18.3 Å². The molecule has 0 aliphatic rings. The van der Waals surface area contributed by atoms with E-state index in [-0.39, 0.29) is 18.1 Å². The molecule has 106 valence electrons. The van der Waals surface area contributed by atoms with E-state index in [9.17, 15) is 9.18 Å². The Balaban J connectivity index is 1.86. The fraction of sp³-hybridized carbons (Fsp3) is 0.308. The normalized spacial score (nSPS) is 10.5. The van der Waals surface area contributed by atoms with E-state index in [1.165, 1.54) is 23.9 Å². The van der Waals surface area contributed by atoms with Crippen molar-refractivity contribution in [3.05, 3.63) is 41.9 Å². The molecule has 2 rings (SSSR count). The highest BCUT2D eigenvalue weighted by molar-refractivity contribution is 7.98. The standard InChI is InChI=1S/C13H13FN2O3S/c1-2-18-13(17)7-11-15-16-12(19-11)8-20-10-5-3-9(14)4-6-10/h3-6H,2,7-8H2,1H3. The van der Waals surface area contributed by atoms with Crippen LogP contribution in [-0.4, -0.2) is 22.8 Å². The first-order chi connectivity index (χ1) is 9.67. The van der Waals surface area contributed by atoms with Gasteiger partial charge >= 0.3 is 5.97 Å². The van der Waals surface area contributed by atoms with Gasteiger partial charge in [0.05, 0.1) is 12.4 Å². The minimum atomic E-state index is -0.395. The van der Waals surface area contributed by atoms with Crippen LogP contribution in [0.15, 0.2) is 33.6 Å². The molecule has 0 spiro atoms. The molecule has 0 atom stereocenters. The van der Waals surface area contributed by atoms with Gasteiger partial charge in [0.15, 0.2) is 0 Å². The van der Waals surface area contributed by atoms with Crippen LogP contribution >= 0.6 is 11.8 Å². The zero-order chi connectivity index (χ0) is 14.4. The second-order valence-electron chi connectivity index (χ2n) is 3.81. The van der Waals surface area contributed by atoms with Crippen molar-refractivity contribution >= 4 is 17.7 Å². The quantitative estimate of drug-likeness (QED) is 0.603. The van der Waals surface area contributed by atoms with E-state index in [2.05, 4.69) is 10.2 Å². The summed E-state index contributed by atoms with van der Waals surface area (Å²) in [4.78, 5) is 12.1. The predicted molar refractivity (Wildman–Crippen MR) is 70.6 cm³/mol. The molecular formula is C13H13FN2O3S. The summed E-state index contributed by atoms with van der Waals surface area (Å²) in [6, 6.07) is 6.14.